The molecule has 1 fully saturated rings. The summed E-state index contributed by atoms with van der Waals surface area (Å²) in [5, 5.41) is 3.46. The van der Waals surface area contributed by atoms with E-state index in [-0.39, 0.29) is 0 Å². The third-order valence-electron chi connectivity index (χ3n) is 3.78. The van der Waals surface area contributed by atoms with Gasteiger partial charge in [0.1, 0.15) is 5.82 Å². The quantitative estimate of drug-likeness (QED) is 0.782. The molecule has 0 radical (unpaired) electrons. The molecular formula is C15H26N4. The van der Waals surface area contributed by atoms with Crippen LogP contribution in [-0.2, 0) is 6.54 Å². The molecule has 4 nitrogen and oxygen atoms in total. The molecule has 1 aromatic rings. The van der Waals surface area contributed by atoms with Crippen molar-refractivity contribution in [3.05, 3.63) is 18.1 Å². The van der Waals surface area contributed by atoms with Gasteiger partial charge in [-0.3, -0.25) is 4.98 Å². The molecule has 0 aliphatic heterocycles. The van der Waals surface area contributed by atoms with Gasteiger partial charge in [-0.15, -0.1) is 0 Å². The first-order valence-corrected chi connectivity index (χ1v) is 7.52. The van der Waals surface area contributed by atoms with E-state index in [9.17, 15) is 0 Å². The number of anilines is 1. The van der Waals surface area contributed by atoms with Crippen LogP contribution in [0.5, 0.6) is 0 Å². The highest BCUT2D eigenvalue weighted by Gasteiger charge is 2.20. The van der Waals surface area contributed by atoms with Crippen molar-refractivity contribution >= 4 is 5.82 Å². The van der Waals surface area contributed by atoms with Crippen LogP contribution in [0.15, 0.2) is 12.4 Å². The molecule has 0 saturated heterocycles. The second kappa shape index (κ2) is 6.85. The zero-order chi connectivity index (χ0) is 13.7. The highest BCUT2D eigenvalue weighted by molar-refractivity contribution is 5.35. The summed E-state index contributed by atoms with van der Waals surface area (Å²) in [4.78, 5) is 11.4. The van der Waals surface area contributed by atoms with Crippen molar-refractivity contribution in [1.29, 1.82) is 0 Å². The van der Waals surface area contributed by atoms with Crippen molar-refractivity contribution in [2.24, 2.45) is 5.92 Å². The number of aromatic nitrogens is 2. The molecule has 0 amide bonds. The molecule has 0 bridgehead atoms. The van der Waals surface area contributed by atoms with E-state index in [0.717, 1.165) is 37.2 Å². The molecule has 0 aromatic carbocycles. The number of hydrogen-bond donors (Lipinski definition) is 1. The first-order chi connectivity index (χ1) is 9.22. The van der Waals surface area contributed by atoms with Gasteiger partial charge in [0.25, 0.3) is 0 Å². The van der Waals surface area contributed by atoms with Gasteiger partial charge in [-0.2, -0.15) is 0 Å². The van der Waals surface area contributed by atoms with Crippen molar-refractivity contribution < 1.29 is 0 Å². The third kappa shape index (κ3) is 4.46. The second-order valence-electron chi connectivity index (χ2n) is 5.57. The number of nitrogens with zero attached hydrogens (tertiary/aromatic N) is 3. The van der Waals surface area contributed by atoms with Crippen LogP contribution in [0, 0.1) is 5.92 Å². The number of hydrogen-bond acceptors (Lipinski definition) is 4. The van der Waals surface area contributed by atoms with Crippen LogP contribution in [0.25, 0.3) is 0 Å². The van der Waals surface area contributed by atoms with Gasteiger partial charge in [0.15, 0.2) is 0 Å². The summed E-state index contributed by atoms with van der Waals surface area (Å²) in [6, 6.07) is 0.721. The van der Waals surface area contributed by atoms with Gasteiger partial charge in [0, 0.05) is 25.7 Å². The molecule has 1 saturated carbocycles. The highest BCUT2D eigenvalue weighted by atomic mass is 15.2. The summed E-state index contributed by atoms with van der Waals surface area (Å²) >= 11 is 0. The summed E-state index contributed by atoms with van der Waals surface area (Å²) in [6.07, 6.45) is 7.64. The van der Waals surface area contributed by atoms with Gasteiger partial charge in [-0.25, -0.2) is 4.98 Å². The second-order valence-corrected chi connectivity index (χ2v) is 5.57. The lowest BCUT2D eigenvalue weighted by atomic mass is 10.1. The summed E-state index contributed by atoms with van der Waals surface area (Å²) in [7, 11) is 0. The minimum absolute atomic E-state index is 0.693. The Bertz CT molecular complexity index is 372. The van der Waals surface area contributed by atoms with Crippen molar-refractivity contribution in [3.8, 4) is 0 Å². The van der Waals surface area contributed by atoms with Gasteiger partial charge >= 0.3 is 0 Å². The van der Waals surface area contributed by atoms with Crippen molar-refractivity contribution in [3.63, 3.8) is 0 Å². The third-order valence-corrected chi connectivity index (χ3v) is 3.78. The maximum atomic E-state index is 4.56. The summed E-state index contributed by atoms with van der Waals surface area (Å²) < 4.78 is 0. The van der Waals surface area contributed by atoms with E-state index < -0.39 is 0 Å². The normalized spacial score (nSPS) is 16.4. The summed E-state index contributed by atoms with van der Waals surface area (Å²) in [6.45, 7) is 9.57. The zero-order valence-corrected chi connectivity index (χ0v) is 12.4. The van der Waals surface area contributed by atoms with Crippen LogP contribution in [-0.4, -0.2) is 29.1 Å². The summed E-state index contributed by atoms with van der Waals surface area (Å²) in [5.74, 6) is 1.69. The Labute approximate surface area is 116 Å². The van der Waals surface area contributed by atoms with Crippen LogP contribution < -0.4 is 10.2 Å². The first-order valence-electron chi connectivity index (χ1n) is 7.52. The van der Waals surface area contributed by atoms with E-state index in [2.05, 4.69) is 41.0 Å². The SMILES string of the molecule is CCC(C)CN(CC)c1cnc(CNC2CC2)cn1. The molecule has 1 aliphatic carbocycles. The Kier molecular flexibility index (Phi) is 5.14. The van der Waals surface area contributed by atoms with E-state index in [1.165, 1.54) is 19.3 Å². The van der Waals surface area contributed by atoms with Gasteiger partial charge < -0.3 is 10.2 Å². The standard InChI is InChI=1S/C15H26N4/c1-4-12(3)11-19(5-2)15-10-17-14(9-18-15)8-16-13-6-7-13/h9-10,12-13,16H,4-8,11H2,1-3H3. The lowest BCUT2D eigenvalue weighted by Crippen LogP contribution is -2.29. The van der Waals surface area contributed by atoms with Crippen molar-refractivity contribution in [2.45, 2.75) is 52.6 Å². The highest BCUT2D eigenvalue weighted by Crippen LogP contribution is 2.19. The Morgan fingerprint density at radius 3 is 2.63 bits per heavy atom. The lowest BCUT2D eigenvalue weighted by Gasteiger charge is -2.24. The van der Waals surface area contributed by atoms with Crippen molar-refractivity contribution in [1.82, 2.24) is 15.3 Å². The van der Waals surface area contributed by atoms with Crippen LogP contribution in [0.2, 0.25) is 0 Å². The van der Waals surface area contributed by atoms with Gasteiger partial charge in [-0.05, 0) is 25.7 Å². The molecule has 1 aromatic heterocycles. The monoisotopic (exact) mass is 262 g/mol. The molecule has 2 rings (SSSR count). The fourth-order valence-corrected chi connectivity index (χ4v) is 2.03. The predicted octanol–water partition coefficient (Wildman–Crippen LogP) is 2.60. The molecule has 4 heteroatoms. The molecule has 1 aliphatic rings. The summed E-state index contributed by atoms with van der Waals surface area (Å²) in [5.41, 5.74) is 1.04. The van der Waals surface area contributed by atoms with E-state index in [1.54, 1.807) is 0 Å². The molecule has 1 atom stereocenters. The fraction of sp³-hybridized carbons (Fsp3) is 0.733. The topological polar surface area (TPSA) is 41.1 Å². The average Bonchev–Trinajstić information content (AvgIpc) is 3.27. The average molecular weight is 262 g/mol. The van der Waals surface area contributed by atoms with E-state index >= 15 is 0 Å². The molecule has 106 valence electrons. The minimum atomic E-state index is 0.693. The van der Waals surface area contributed by atoms with Crippen LogP contribution in [0.3, 0.4) is 0 Å². The van der Waals surface area contributed by atoms with Crippen LogP contribution in [0.1, 0.15) is 45.7 Å². The van der Waals surface area contributed by atoms with E-state index in [4.69, 9.17) is 0 Å². The largest absolute Gasteiger partial charge is 0.355 e. The molecule has 1 N–H and O–H groups in total. The Hall–Kier alpha value is -1.16. The van der Waals surface area contributed by atoms with Gasteiger partial charge in [-0.1, -0.05) is 20.3 Å². The molecular weight excluding hydrogens is 236 g/mol. The number of nitrogens with one attached hydrogen (secondary N) is 1. The predicted molar refractivity (Wildman–Crippen MR) is 79.2 cm³/mol. The smallest absolute Gasteiger partial charge is 0.147 e. The van der Waals surface area contributed by atoms with Crippen LogP contribution >= 0.6 is 0 Å². The Morgan fingerprint density at radius 2 is 2.11 bits per heavy atom. The molecule has 1 unspecified atom stereocenters. The van der Waals surface area contributed by atoms with Gasteiger partial charge in [0.2, 0.25) is 0 Å². The van der Waals surface area contributed by atoms with Gasteiger partial charge in [0.05, 0.1) is 18.1 Å². The van der Waals surface area contributed by atoms with E-state index in [1.807, 2.05) is 12.4 Å². The minimum Gasteiger partial charge on any atom is -0.355 e. The molecule has 1 heterocycles. The van der Waals surface area contributed by atoms with Crippen LogP contribution in [0.4, 0.5) is 5.82 Å². The van der Waals surface area contributed by atoms with Crippen molar-refractivity contribution in [2.75, 3.05) is 18.0 Å². The molecule has 0 spiro atoms. The Balaban J connectivity index is 1.90. The fourth-order valence-electron chi connectivity index (χ4n) is 2.03. The Morgan fingerprint density at radius 1 is 1.32 bits per heavy atom. The maximum Gasteiger partial charge on any atom is 0.147 e. The number of rotatable bonds is 8. The van der Waals surface area contributed by atoms with E-state index in [0.29, 0.717) is 5.92 Å². The maximum absolute atomic E-state index is 4.56. The first kappa shape index (κ1) is 14.3. The lowest BCUT2D eigenvalue weighted by molar-refractivity contribution is 0.545. The molecule has 19 heavy (non-hydrogen) atoms. The zero-order valence-electron chi connectivity index (χ0n) is 12.4.